The van der Waals surface area contributed by atoms with Gasteiger partial charge in [-0.2, -0.15) is 0 Å². The standard InChI is InChI=1S/C17H18ClN5O2/c1-4-21-15(24)13-14(20(3)17(21)25)19-16-22(13)9-10(2)23(16)12-7-5-6-11(18)8-12/h5-9,13-14H,4H2,1-3H3. The number of nitrogens with zero attached hydrogens (tertiary/aromatic N) is 5. The van der Waals surface area contributed by atoms with Crippen LogP contribution < -0.4 is 4.90 Å². The van der Waals surface area contributed by atoms with E-state index in [4.69, 9.17) is 16.6 Å². The van der Waals surface area contributed by atoms with Gasteiger partial charge in [-0.15, -0.1) is 0 Å². The number of hydrogen-bond acceptors (Lipinski definition) is 5. The molecule has 130 valence electrons. The van der Waals surface area contributed by atoms with Crippen LogP contribution in [0, 0.1) is 0 Å². The topological polar surface area (TPSA) is 59.5 Å². The highest BCUT2D eigenvalue weighted by Gasteiger charge is 2.54. The first-order valence-electron chi connectivity index (χ1n) is 8.12. The first kappa shape index (κ1) is 16.0. The summed E-state index contributed by atoms with van der Waals surface area (Å²) in [6.45, 7) is 4.09. The molecule has 2 atom stereocenters. The first-order chi connectivity index (χ1) is 11.9. The van der Waals surface area contributed by atoms with Crippen molar-refractivity contribution in [3.05, 3.63) is 41.2 Å². The third kappa shape index (κ3) is 2.15. The van der Waals surface area contributed by atoms with Crippen molar-refractivity contribution in [1.82, 2.24) is 14.7 Å². The molecule has 0 N–H and O–H groups in total. The van der Waals surface area contributed by atoms with Gasteiger partial charge in [-0.05, 0) is 32.0 Å². The predicted octanol–water partition coefficient (Wildman–Crippen LogP) is 2.30. The summed E-state index contributed by atoms with van der Waals surface area (Å²) in [5.41, 5.74) is 1.81. The molecule has 7 nitrogen and oxygen atoms in total. The van der Waals surface area contributed by atoms with Crippen LogP contribution in [0.5, 0.6) is 0 Å². The molecule has 3 heterocycles. The van der Waals surface area contributed by atoms with Crippen molar-refractivity contribution in [2.45, 2.75) is 26.1 Å². The van der Waals surface area contributed by atoms with Crippen molar-refractivity contribution >= 4 is 35.2 Å². The Morgan fingerprint density at radius 2 is 2.04 bits per heavy atom. The molecule has 0 aromatic heterocycles. The summed E-state index contributed by atoms with van der Waals surface area (Å²) in [5.74, 6) is 0.423. The smallest absolute Gasteiger partial charge is 0.302 e. The number of amides is 3. The number of benzene rings is 1. The average Bonchev–Trinajstić information content (AvgIpc) is 3.08. The summed E-state index contributed by atoms with van der Waals surface area (Å²) in [5, 5.41) is 0.625. The number of anilines is 1. The highest BCUT2D eigenvalue weighted by atomic mass is 35.5. The maximum absolute atomic E-state index is 12.8. The number of likely N-dealkylation sites (N-methyl/N-ethyl adjacent to an activating group) is 2. The lowest BCUT2D eigenvalue weighted by atomic mass is 10.1. The fourth-order valence-electron chi connectivity index (χ4n) is 3.58. The number of rotatable bonds is 2. The molecule has 0 saturated carbocycles. The lowest BCUT2D eigenvalue weighted by Crippen LogP contribution is -2.64. The van der Waals surface area contributed by atoms with E-state index in [0.717, 1.165) is 11.4 Å². The molecule has 0 radical (unpaired) electrons. The van der Waals surface area contributed by atoms with Gasteiger partial charge in [-0.25, -0.2) is 9.79 Å². The zero-order valence-corrected chi connectivity index (χ0v) is 14.9. The van der Waals surface area contributed by atoms with Gasteiger partial charge in [0.15, 0.2) is 12.2 Å². The second-order valence-corrected chi connectivity index (χ2v) is 6.69. The molecule has 3 aliphatic heterocycles. The fourth-order valence-corrected chi connectivity index (χ4v) is 3.76. The van der Waals surface area contributed by atoms with Gasteiger partial charge in [0.1, 0.15) is 0 Å². The quantitative estimate of drug-likeness (QED) is 0.813. The summed E-state index contributed by atoms with van der Waals surface area (Å²) in [4.78, 5) is 36.5. The fraction of sp³-hybridized carbons (Fsp3) is 0.353. The van der Waals surface area contributed by atoms with Crippen LogP contribution in [-0.2, 0) is 4.79 Å². The van der Waals surface area contributed by atoms with Gasteiger partial charge in [-0.3, -0.25) is 14.6 Å². The molecular formula is C17H18ClN5O2. The van der Waals surface area contributed by atoms with Crippen molar-refractivity contribution in [3.8, 4) is 0 Å². The molecule has 3 aliphatic rings. The van der Waals surface area contributed by atoms with E-state index in [2.05, 4.69) is 0 Å². The van der Waals surface area contributed by atoms with Crippen molar-refractivity contribution in [3.63, 3.8) is 0 Å². The minimum absolute atomic E-state index is 0.216. The SMILES string of the molecule is CCN1C(=O)C2C(N=C3N(c4cccc(Cl)c4)C(C)=CN32)N(C)C1=O. The highest BCUT2D eigenvalue weighted by molar-refractivity contribution is 6.31. The molecule has 2 unspecified atom stereocenters. The van der Waals surface area contributed by atoms with E-state index in [1.807, 2.05) is 47.2 Å². The van der Waals surface area contributed by atoms with Gasteiger partial charge in [0.2, 0.25) is 5.96 Å². The predicted molar refractivity (Wildman–Crippen MR) is 95.1 cm³/mol. The summed E-state index contributed by atoms with van der Waals surface area (Å²) in [6, 6.07) is 6.62. The number of imide groups is 1. The van der Waals surface area contributed by atoms with Gasteiger partial charge in [0.25, 0.3) is 5.91 Å². The molecule has 1 saturated heterocycles. The molecular weight excluding hydrogens is 342 g/mol. The van der Waals surface area contributed by atoms with E-state index in [-0.39, 0.29) is 11.9 Å². The van der Waals surface area contributed by atoms with Crippen LogP contribution in [0.3, 0.4) is 0 Å². The molecule has 0 aliphatic carbocycles. The lowest BCUT2D eigenvalue weighted by molar-refractivity contribution is -0.136. The molecule has 4 rings (SSSR count). The Balaban J connectivity index is 1.76. The van der Waals surface area contributed by atoms with Gasteiger partial charge >= 0.3 is 6.03 Å². The average molecular weight is 360 g/mol. The van der Waals surface area contributed by atoms with Gasteiger partial charge in [-0.1, -0.05) is 17.7 Å². The van der Waals surface area contributed by atoms with E-state index in [1.165, 1.54) is 9.80 Å². The molecule has 3 amide bonds. The molecule has 25 heavy (non-hydrogen) atoms. The maximum atomic E-state index is 12.8. The summed E-state index contributed by atoms with van der Waals surface area (Å²) >= 11 is 6.13. The highest BCUT2D eigenvalue weighted by Crippen LogP contribution is 2.36. The number of allylic oxidation sites excluding steroid dienone is 1. The summed E-state index contributed by atoms with van der Waals surface area (Å²) in [6.07, 6.45) is 1.38. The summed E-state index contributed by atoms with van der Waals surface area (Å²) in [7, 11) is 1.68. The molecule has 8 heteroatoms. The number of urea groups is 1. The van der Waals surface area contributed by atoms with Crippen LogP contribution in [0.2, 0.25) is 5.02 Å². The molecule has 0 spiro atoms. The number of hydrogen-bond donors (Lipinski definition) is 0. The number of halogens is 1. The maximum Gasteiger partial charge on any atom is 0.328 e. The first-order valence-corrected chi connectivity index (χ1v) is 8.50. The second kappa shape index (κ2) is 5.49. The van der Waals surface area contributed by atoms with E-state index in [9.17, 15) is 9.59 Å². The Morgan fingerprint density at radius 1 is 1.28 bits per heavy atom. The number of aliphatic imine (C=N–C) groups is 1. The lowest BCUT2D eigenvalue weighted by Gasteiger charge is -2.39. The van der Waals surface area contributed by atoms with Crippen molar-refractivity contribution < 1.29 is 9.59 Å². The van der Waals surface area contributed by atoms with Gasteiger partial charge in [0, 0.05) is 30.5 Å². The van der Waals surface area contributed by atoms with Crippen molar-refractivity contribution in [2.75, 3.05) is 18.5 Å². The normalized spacial score (nSPS) is 25.3. The number of carbonyl (C=O) groups excluding carboxylic acids is 2. The van der Waals surface area contributed by atoms with Crippen LogP contribution in [0.1, 0.15) is 13.8 Å². The molecule has 0 bridgehead atoms. The van der Waals surface area contributed by atoms with E-state index >= 15 is 0 Å². The van der Waals surface area contributed by atoms with Crippen LogP contribution in [0.25, 0.3) is 0 Å². The Labute approximate surface area is 150 Å². The molecule has 1 aromatic carbocycles. The van der Waals surface area contributed by atoms with E-state index in [1.54, 1.807) is 14.0 Å². The molecule has 1 fully saturated rings. The minimum Gasteiger partial charge on any atom is -0.302 e. The van der Waals surface area contributed by atoms with E-state index in [0.29, 0.717) is 17.5 Å². The van der Waals surface area contributed by atoms with Crippen LogP contribution in [0.15, 0.2) is 41.2 Å². The van der Waals surface area contributed by atoms with Gasteiger partial charge in [0.05, 0.1) is 5.69 Å². The second-order valence-electron chi connectivity index (χ2n) is 6.26. The van der Waals surface area contributed by atoms with Gasteiger partial charge < -0.3 is 9.80 Å². The monoisotopic (exact) mass is 359 g/mol. The van der Waals surface area contributed by atoms with E-state index < -0.39 is 12.2 Å². The number of guanidine groups is 1. The third-order valence-electron chi connectivity index (χ3n) is 4.77. The van der Waals surface area contributed by atoms with Crippen LogP contribution in [0.4, 0.5) is 10.5 Å². The van der Waals surface area contributed by atoms with Crippen LogP contribution in [-0.4, -0.2) is 58.4 Å². The Bertz CT molecular complexity index is 836. The van der Waals surface area contributed by atoms with Crippen molar-refractivity contribution in [2.24, 2.45) is 4.99 Å². The minimum atomic E-state index is -0.531. The Hall–Kier alpha value is -2.54. The summed E-state index contributed by atoms with van der Waals surface area (Å²) < 4.78 is 0. The number of carbonyl (C=O) groups is 2. The zero-order valence-electron chi connectivity index (χ0n) is 14.2. The zero-order chi connectivity index (χ0) is 17.9. The van der Waals surface area contributed by atoms with Crippen molar-refractivity contribution in [1.29, 1.82) is 0 Å². The number of fused-ring (bicyclic) bond motifs is 3. The largest absolute Gasteiger partial charge is 0.328 e. The Morgan fingerprint density at radius 3 is 2.72 bits per heavy atom. The van der Waals surface area contributed by atoms with Crippen LogP contribution >= 0.6 is 11.6 Å². The Kier molecular flexibility index (Phi) is 3.50. The molecule has 1 aromatic rings. The third-order valence-corrected chi connectivity index (χ3v) is 5.01.